The Kier molecular flexibility index (Phi) is 2.89. The van der Waals surface area contributed by atoms with E-state index in [2.05, 4.69) is 5.16 Å². The third kappa shape index (κ3) is 1.72. The third-order valence-corrected chi connectivity index (χ3v) is 3.29. The minimum absolute atomic E-state index is 0.534. The molecule has 0 aliphatic rings. The van der Waals surface area contributed by atoms with Crippen molar-refractivity contribution in [3.63, 3.8) is 0 Å². The summed E-state index contributed by atoms with van der Waals surface area (Å²) in [5, 5.41) is 5.79. The average Bonchev–Trinajstić information content (AvgIpc) is 2.59. The molecule has 4 heteroatoms. The Balaban J connectivity index is 2.74. The number of hydrogen-bond donors (Lipinski definition) is 0. The molecule has 0 saturated heterocycles. The highest BCUT2D eigenvalue weighted by Gasteiger charge is 2.14. The normalized spacial score (nSPS) is 11.2. The molecule has 1 heterocycles. The molecule has 0 amide bonds. The Morgan fingerprint density at radius 3 is 2.80 bits per heavy atom. The maximum Gasteiger partial charge on any atom is 0.167 e. The summed E-state index contributed by atoms with van der Waals surface area (Å²) >= 11 is 11.9. The fraction of sp³-hybridized carbons (Fsp3) is 0.364. The van der Waals surface area contributed by atoms with E-state index in [-0.39, 0.29) is 0 Å². The van der Waals surface area contributed by atoms with E-state index in [1.807, 2.05) is 19.9 Å². The maximum absolute atomic E-state index is 6.18. The molecule has 0 aliphatic heterocycles. The highest BCUT2D eigenvalue weighted by Crippen LogP contribution is 2.31. The minimum Gasteiger partial charge on any atom is -0.356 e. The highest BCUT2D eigenvalue weighted by atomic mass is 35.5. The van der Waals surface area contributed by atoms with Crippen LogP contribution in [0.5, 0.6) is 0 Å². The van der Waals surface area contributed by atoms with Gasteiger partial charge in [0.05, 0.1) is 5.69 Å². The Hall–Kier alpha value is -0.730. The molecule has 15 heavy (non-hydrogen) atoms. The van der Waals surface area contributed by atoms with Crippen molar-refractivity contribution in [2.75, 3.05) is 5.88 Å². The molecule has 0 saturated carbocycles. The van der Waals surface area contributed by atoms with E-state index in [0.29, 0.717) is 12.3 Å². The number of halogens is 2. The van der Waals surface area contributed by atoms with E-state index in [1.165, 1.54) is 0 Å². The third-order valence-electron chi connectivity index (χ3n) is 2.52. The number of hydrogen-bond acceptors (Lipinski definition) is 2. The van der Waals surface area contributed by atoms with Crippen molar-refractivity contribution >= 4 is 34.2 Å². The van der Waals surface area contributed by atoms with Crippen LogP contribution in [-0.2, 0) is 6.42 Å². The van der Waals surface area contributed by atoms with Crippen LogP contribution in [0.2, 0.25) is 5.02 Å². The van der Waals surface area contributed by atoms with Crippen LogP contribution in [0.15, 0.2) is 10.6 Å². The van der Waals surface area contributed by atoms with Gasteiger partial charge in [0.1, 0.15) is 0 Å². The maximum atomic E-state index is 6.18. The number of fused-ring (bicyclic) bond motifs is 1. The van der Waals surface area contributed by atoms with Crippen molar-refractivity contribution in [2.24, 2.45) is 0 Å². The average molecular weight is 244 g/mol. The summed E-state index contributed by atoms with van der Waals surface area (Å²) in [5.41, 5.74) is 3.71. The summed E-state index contributed by atoms with van der Waals surface area (Å²) in [6, 6.07) is 1.91. The van der Waals surface area contributed by atoms with Gasteiger partial charge < -0.3 is 4.52 Å². The lowest BCUT2D eigenvalue weighted by Crippen LogP contribution is -1.89. The molecule has 0 fully saturated rings. The first-order valence-corrected chi connectivity index (χ1v) is 5.66. The first-order valence-electron chi connectivity index (χ1n) is 4.75. The molecule has 80 valence electrons. The van der Waals surface area contributed by atoms with Crippen LogP contribution in [0.4, 0.5) is 0 Å². The number of nitrogens with zero attached hydrogens (tertiary/aromatic N) is 1. The predicted molar refractivity (Wildman–Crippen MR) is 62.9 cm³/mol. The molecule has 0 N–H and O–H groups in total. The first kappa shape index (κ1) is 10.8. The SMILES string of the molecule is Cc1cc2onc(CCCl)c2c(C)c1Cl. The van der Waals surface area contributed by atoms with Crippen molar-refractivity contribution in [3.05, 3.63) is 27.9 Å². The van der Waals surface area contributed by atoms with Crippen LogP contribution in [-0.4, -0.2) is 11.0 Å². The zero-order chi connectivity index (χ0) is 11.0. The summed E-state index contributed by atoms with van der Waals surface area (Å²) in [6.07, 6.45) is 0.703. The molecule has 2 aromatic rings. The Bertz CT molecular complexity index is 505. The van der Waals surface area contributed by atoms with Gasteiger partial charge in [-0.1, -0.05) is 16.8 Å². The van der Waals surface area contributed by atoms with Gasteiger partial charge in [0.2, 0.25) is 0 Å². The van der Waals surface area contributed by atoms with E-state index in [4.69, 9.17) is 27.7 Å². The molecular weight excluding hydrogens is 233 g/mol. The lowest BCUT2D eigenvalue weighted by Gasteiger charge is -2.03. The van der Waals surface area contributed by atoms with Gasteiger partial charge >= 0.3 is 0 Å². The number of alkyl halides is 1. The summed E-state index contributed by atoms with van der Waals surface area (Å²) in [7, 11) is 0. The molecule has 0 unspecified atom stereocenters. The lowest BCUT2D eigenvalue weighted by molar-refractivity contribution is 0.447. The fourth-order valence-electron chi connectivity index (χ4n) is 1.76. The summed E-state index contributed by atoms with van der Waals surface area (Å²) in [5.74, 6) is 0.534. The lowest BCUT2D eigenvalue weighted by atomic mass is 10.1. The van der Waals surface area contributed by atoms with E-state index in [9.17, 15) is 0 Å². The highest BCUT2D eigenvalue weighted by molar-refractivity contribution is 6.33. The second kappa shape index (κ2) is 4.03. The second-order valence-corrected chi connectivity index (χ2v) is 4.33. The van der Waals surface area contributed by atoms with E-state index in [0.717, 1.165) is 32.8 Å². The van der Waals surface area contributed by atoms with Gasteiger partial charge in [-0.15, -0.1) is 11.6 Å². The summed E-state index contributed by atoms with van der Waals surface area (Å²) in [4.78, 5) is 0. The van der Waals surface area contributed by atoms with Crippen LogP contribution in [0.25, 0.3) is 11.0 Å². The van der Waals surface area contributed by atoms with Crippen molar-refractivity contribution in [1.82, 2.24) is 5.16 Å². The van der Waals surface area contributed by atoms with Crippen molar-refractivity contribution in [1.29, 1.82) is 0 Å². The minimum atomic E-state index is 0.534. The van der Waals surface area contributed by atoms with Gasteiger partial charge in [0.15, 0.2) is 5.58 Å². The number of benzene rings is 1. The van der Waals surface area contributed by atoms with Crippen LogP contribution in [0.1, 0.15) is 16.8 Å². The molecule has 0 bridgehead atoms. The molecule has 1 aromatic heterocycles. The standard InChI is InChI=1S/C11H11Cl2NO/c1-6-5-9-10(7(2)11(6)13)8(3-4-12)14-15-9/h5H,3-4H2,1-2H3. The van der Waals surface area contributed by atoms with Gasteiger partial charge in [-0.25, -0.2) is 0 Å². The fourth-order valence-corrected chi connectivity index (χ4v) is 2.09. The van der Waals surface area contributed by atoms with E-state index < -0.39 is 0 Å². The quantitative estimate of drug-likeness (QED) is 0.749. The number of aromatic nitrogens is 1. The number of rotatable bonds is 2. The molecule has 2 nitrogen and oxygen atoms in total. The topological polar surface area (TPSA) is 26.0 Å². The van der Waals surface area contributed by atoms with E-state index in [1.54, 1.807) is 0 Å². The first-order chi connectivity index (χ1) is 7.15. The van der Waals surface area contributed by atoms with Gasteiger partial charge in [-0.3, -0.25) is 0 Å². The van der Waals surface area contributed by atoms with Crippen molar-refractivity contribution < 1.29 is 4.52 Å². The van der Waals surface area contributed by atoms with Gasteiger partial charge in [0.25, 0.3) is 0 Å². The van der Waals surface area contributed by atoms with Crippen molar-refractivity contribution in [3.8, 4) is 0 Å². The zero-order valence-corrected chi connectivity index (χ0v) is 10.1. The molecule has 0 radical (unpaired) electrons. The molecule has 1 aromatic carbocycles. The molecular formula is C11H11Cl2NO. The van der Waals surface area contributed by atoms with Gasteiger partial charge in [-0.2, -0.15) is 0 Å². The summed E-state index contributed by atoms with van der Waals surface area (Å²) in [6.45, 7) is 3.94. The second-order valence-electron chi connectivity index (χ2n) is 3.57. The largest absolute Gasteiger partial charge is 0.356 e. The van der Waals surface area contributed by atoms with Gasteiger partial charge in [0, 0.05) is 22.7 Å². The molecule has 0 spiro atoms. The van der Waals surface area contributed by atoms with Crippen LogP contribution < -0.4 is 0 Å². The molecule has 0 aliphatic carbocycles. The molecule has 0 atom stereocenters. The van der Waals surface area contributed by atoms with Crippen LogP contribution in [0.3, 0.4) is 0 Å². The van der Waals surface area contributed by atoms with E-state index >= 15 is 0 Å². The number of aryl methyl sites for hydroxylation is 3. The zero-order valence-electron chi connectivity index (χ0n) is 8.60. The Morgan fingerprint density at radius 2 is 2.13 bits per heavy atom. The monoisotopic (exact) mass is 243 g/mol. The Morgan fingerprint density at radius 1 is 1.40 bits per heavy atom. The van der Waals surface area contributed by atoms with Gasteiger partial charge in [-0.05, 0) is 31.0 Å². The van der Waals surface area contributed by atoms with Crippen LogP contribution in [0, 0.1) is 13.8 Å². The molecule has 2 rings (SSSR count). The smallest absolute Gasteiger partial charge is 0.167 e. The summed E-state index contributed by atoms with van der Waals surface area (Å²) < 4.78 is 5.25. The van der Waals surface area contributed by atoms with Crippen LogP contribution >= 0.6 is 23.2 Å². The van der Waals surface area contributed by atoms with Crippen molar-refractivity contribution in [2.45, 2.75) is 20.3 Å². The predicted octanol–water partition coefficient (Wildman–Crippen LogP) is 3.88. The Labute approximate surface area is 98.1 Å².